The third-order valence-corrected chi connectivity index (χ3v) is 4.27. The molecule has 2 aliphatic carbocycles. The van der Waals surface area contributed by atoms with Gasteiger partial charge in [0.1, 0.15) is 0 Å². The molecule has 0 heterocycles. The van der Waals surface area contributed by atoms with Crippen LogP contribution < -0.4 is 5.73 Å². The summed E-state index contributed by atoms with van der Waals surface area (Å²) in [6, 6.07) is 0.235. The van der Waals surface area contributed by atoms with Crippen LogP contribution in [0.15, 0.2) is 0 Å². The molecule has 0 bridgehead atoms. The second-order valence-corrected chi connectivity index (χ2v) is 5.57. The van der Waals surface area contributed by atoms with Crippen LogP contribution in [0.4, 0.5) is 8.78 Å². The van der Waals surface area contributed by atoms with E-state index in [1.165, 1.54) is 0 Å². The molecule has 0 unspecified atom stereocenters. The van der Waals surface area contributed by atoms with Crippen LogP contribution in [0.2, 0.25) is 0 Å². The predicted molar refractivity (Wildman–Crippen MR) is 52.2 cm³/mol. The Labute approximate surface area is 84.0 Å². The van der Waals surface area contributed by atoms with Crippen LogP contribution in [0.3, 0.4) is 0 Å². The van der Waals surface area contributed by atoms with Crippen molar-refractivity contribution < 1.29 is 8.78 Å². The van der Waals surface area contributed by atoms with Crippen LogP contribution in [0.1, 0.15) is 39.5 Å². The third-order valence-electron chi connectivity index (χ3n) is 4.27. The molecule has 0 aromatic heterocycles. The highest BCUT2D eigenvalue weighted by molar-refractivity contribution is 5.11. The Hall–Kier alpha value is -0.180. The Morgan fingerprint density at radius 1 is 1.14 bits per heavy atom. The first-order valence-electron chi connectivity index (χ1n) is 5.48. The Balaban J connectivity index is 1.92. The first-order valence-corrected chi connectivity index (χ1v) is 5.48. The van der Waals surface area contributed by atoms with Gasteiger partial charge in [-0.15, -0.1) is 0 Å². The van der Waals surface area contributed by atoms with E-state index in [9.17, 15) is 8.78 Å². The van der Waals surface area contributed by atoms with Crippen molar-refractivity contribution in [2.24, 2.45) is 23.0 Å². The quantitative estimate of drug-likeness (QED) is 0.696. The van der Waals surface area contributed by atoms with Crippen molar-refractivity contribution in [3.8, 4) is 0 Å². The molecular weight excluding hydrogens is 184 g/mol. The molecule has 0 amide bonds. The van der Waals surface area contributed by atoms with Crippen LogP contribution in [-0.2, 0) is 0 Å². The first kappa shape index (κ1) is 10.3. The number of halogens is 2. The summed E-state index contributed by atoms with van der Waals surface area (Å²) in [5.74, 6) is -1.47. The zero-order valence-electron chi connectivity index (χ0n) is 8.89. The molecule has 0 aromatic rings. The molecule has 0 spiro atoms. The highest BCUT2D eigenvalue weighted by Crippen LogP contribution is 2.58. The molecule has 3 heteroatoms. The smallest absolute Gasteiger partial charge is 0.248 e. The molecule has 2 fully saturated rings. The molecule has 1 nitrogen and oxygen atoms in total. The van der Waals surface area contributed by atoms with Gasteiger partial charge in [-0.05, 0) is 30.1 Å². The van der Waals surface area contributed by atoms with Gasteiger partial charge in [0.25, 0.3) is 0 Å². The van der Waals surface area contributed by atoms with Gasteiger partial charge in [-0.2, -0.15) is 0 Å². The molecule has 2 rings (SSSR count). The van der Waals surface area contributed by atoms with Crippen molar-refractivity contribution in [3.05, 3.63) is 0 Å². The molecule has 2 atom stereocenters. The van der Waals surface area contributed by atoms with E-state index in [1.807, 2.05) is 0 Å². The van der Waals surface area contributed by atoms with Crippen LogP contribution in [-0.4, -0.2) is 12.0 Å². The summed E-state index contributed by atoms with van der Waals surface area (Å²) < 4.78 is 25.8. The van der Waals surface area contributed by atoms with E-state index >= 15 is 0 Å². The van der Waals surface area contributed by atoms with E-state index in [0.29, 0.717) is 24.7 Å². The lowest BCUT2D eigenvalue weighted by atomic mass is 9.81. The summed E-state index contributed by atoms with van der Waals surface area (Å²) in [6.45, 7) is 4.30. The van der Waals surface area contributed by atoms with Gasteiger partial charge in [-0.3, -0.25) is 0 Å². The highest BCUT2D eigenvalue weighted by atomic mass is 19.3. The summed E-state index contributed by atoms with van der Waals surface area (Å²) in [5, 5.41) is 0. The number of alkyl halides is 2. The molecule has 0 saturated heterocycles. The molecule has 0 aromatic carbocycles. The lowest BCUT2D eigenvalue weighted by molar-refractivity contribution is -0.0493. The first-order chi connectivity index (χ1) is 6.34. The fourth-order valence-electron chi connectivity index (χ4n) is 3.04. The molecule has 2 N–H and O–H groups in total. The molecule has 82 valence electrons. The van der Waals surface area contributed by atoms with E-state index in [2.05, 4.69) is 13.8 Å². The van der Waals surface area contributed by atoms with Crippen LogP contribution in [0.5, 0.6) is 0 Å². The maximum Gasteiger partial charge on any atom is 0.248 e. The van der Waals surface area contributed by atoms with E-state index in [-0.39, 0.29) is 24.3 Å². The van der Waals surface area contributed by atoms with Gasteiger partial charge >= 0.3 is 0 Å². The Kier molecular flexibility index (Phi) is 2.15. The summed E-state index contributed by atoms with van der Waals surface area (Å²) in [6.07, 6.45) is 1.46. The fraction of sp³-hybridized carbons (Fsp3) is 1.00. The van der Waals surface area contributed by atoms with E-state index in [4.69, 9.17) is 5.73 Å². The second-order valence-electron chi connectivity index (χ2n) is 5.57. The van der Waals surface area contributed by atoms with Gasteiger partial charge in [0, 0.05) is 18.9 Å². The predicted octanol–water partition coefficient (Wildman–Crippen LogP) is 2.80. The maximum absolute atomic E-state index is 12.9. The average Bonchev–Trinajstić information content (AvgIpc) is 2.54. The average molecular weight is 203 g/mol. The summed E-state index contributed by atoms with van der Waals surface area (Å²) >= 11 is 0. The van der Waals surface area contributed by atoms with Crippen molar-refractivity contribution in [2.75, 3.05) is 0 Å². The molecule has 14 heavy (non-hydrogen) atoms. The second kappa shape index (κ2) is 2.91. The van der Waals surface area contributed by atoms with Gasteiger partial charge in [-0.25, -0.2) is 8.78 Å². The molecule has 2 saturated carbocycles. The summed E-state index contributed by atoms with van der Waals surface area (Å²) in [5.41, 5.74) is 6.15. The van der Waals surface area contributed by atoms with E-state index in [0.717, 1.165) is 0 Å². The van der Waals surface area contributed by atoms with Crippen molar-refractivity contribution in [1.29, 1.82) is 0 Å². The molecule has 0 aliphatic heterocycles. The van der Waals surface area contributed by atoms with Crippen LogP contribution in [0, 0.1) is 17.3 Å². The number of nitrogens with two attached hydrogens (primary N) is 1. The minimum atomic E-state index is -2.40. The molecule has 0 radical (unpaired) electrons. The van der Waals surface area contributed by atoms with Gasteiger partial charge in [0.15, 0.2) is 0 Å². The largest absolute Gasteiger partial charge is 0.327 e. The number of rotatable bonds is 1. The maximum atomic E-state index is 12.9. The van der Waals surface area contributed by atoms with E-state index in [1.54, 1.807) is 0 Å². The van der Waals surface area contributed by atoms with Crippen LogP contribution in [0.25, 0.3) is 0 Å². The monoisotopic (exact) mass is 203 g/mol. The van der Waals surface area contributed by atoms with Crippen molar-refractivity contribution in [3.63, 3.8) is 0 Å². The van der Waals surface area contributed by atoms with Gasteiger partial charge in [0.2, 0.25) is 5.92 Å². The number of hydrogen-bond donors (Lipinski definition) is 1. The normalized spacial score (nSPS) is 40.9. The highest BCUT2D eigenvalue weighted by Gasteiger charge is 2.59. The zero-order valence-corrected chi connectivity index (χ0v) is 8.89. The van der Waals surface area contributed by atoms with E-state index < -0.39 is 5.92 Å². The summed E-state index contributed by atoms with van der Waals surface area (Å²) in [7, 11) is 0. The van der Waals surface area contributed by atoms with Crippen molar-refractivity contribution in [2.45, 2.75) is 51.5 Å². The Bertz CT molecular complexity index is 227. The topological polar surface area (TPSA) is 26.0 Å². The van der Waals surface area contributed by atoms with Crippen molar-refractivity contribution >= 4 is 0 Å². The SMILES string of the molecule is CC1(C)[C@@H](N)[C@@H]1C1CCC(F)(F)CC1. The zero-order chi connectivity index (χ0) is 10.6. The van der Waals surface area contributed by atoms with Gasteiger partial charge in [-0.1, -0.05) is 13.8 Å². The molecular formula is C11H19F2N. The van der Waals surface area contributed by atoms with Gasteiger partial charge < -0.3 is 5.73 Å². The summed E-state index contributed by atoms with van der Waals surface area (Å²) in [4.78, 5) is 0. The Morgan fingerprint density at radius 3 is 1.93 bits per heavy atom. The minimum absolute atomic E-state index is 0.0664. The van der Waals surface area contributed by atoms with Crippen LogP contribution >= 0.6 is 0 Å². The number of hydrogen-bond acceptors (Lipinski definition) is 1. The minimum Gasteiger partial charge on any atom is -0.327 e. The van der Waals surface area contributed by atoms with Crippen molar-refractivity contribution in [1.82, 2.24) is 0 Å². The molecule has 2 aliphatic rings. The van der Waals surface area contributed by atoms with Gasteiger partial charge in [0.05, 0.1) is 0 Å². The third kappa shape index (κ3) is 1.56. The fourth-order valence-corrected chi connectivity index (χ4v) is 3.04. The standard InChI is InChI=1S/C11H19F2N/c1-10(2)8(9(10)14)7-3-5-11(12,13)6-4-7/h7-9H,3-6,14H2,1-2H3/t8-,9-/m0/s1. The lowest BCUT2D eigenvalue weighted by Gasteiger charge is -2.29. The lowest BCUT2D eigenvalue weighted by Crippen LogP contribution is -2.26. The Morgan fingerprint density at radius 2 is 1.57 bits per heavy atom.